The molecule has 0 amide bonds. The van der Waals surface area contributed by atoms with E-state index >= 15 is 0 Å². The van der Waals surface area contributed by atoms with Gasteiger partial charge < -0.3 is 9.15 Å². The van der Waals surface area contributed by atoms with Crippen LogP contribution in [0.4, 0.5) is 0 Å². The van der Waals surface area contributed by atoms with Gasteiger partial charge in [-0.1, -0.05) is 0 Å². The van der Waals surface area contributed by atoms with Crippen LogP contribution in [0.5, 0.6) is 0 Å². The van der Waals surface area contributed by atoms with E-state index in [4.69, 9.17) is 14.0 Å². The van der Waals surface area contributed by atoms with Gasteiger partial charge in [-0.25, -0.2) is 0 Å². The van der Waals surface area contributed by atoms with Gasteiger partial charge in [0.2, 0.25) is 0 Å². The van der Waals surface area contributed by atoms with Crippen LogP contribution in [0.3, 0.4) is 0 Å². The highest BCUT2D eigenvalue weighted by atomic mass is 16.7. The third-order valence-electron chi connectivity index (χ3n) is 1.84. The average Bonchev–Trinajstić information content (AvgIpc) is 2.59. The summed E-state index contributed by atoms with van der Waals surface area (Å²) in [6, 6.07) is 3.93. The molecule has 0 bridgehead atoms. The van der Waals surface area contributed by atoms with E-state index in [0.717, 1.165) is 11.5 Å². The predicted octanol–water partition coefficient (Wildman–Crippen LogP) is 1.82. The number of hydroxylamine groups is 1. The van der Waals surface area contributed by atoms with E-state index in [2.05, 4.69) is 5.48 Å². The first-order chi connectivity index (χ1) is 6.74. The van der Waals surface area contributed by atoms with Crippen LogP contribution in [0.25, 0.3) is 0 Å². The normalized spacial score (nSPS) is 13.1. The third kappa shape index (κ3) is 3.49. The smallest absolute Gasteiger partial charge is 0.123 e. The van der Waals surface area contributed by atoms with E-state index < -0.39 is 0 Å². The Bertz CT molecular complexity index is 260. The fourth-order valence-electron chi connectivity index (χ4n) is 1.05. The van der Waals surface area contributed by atoms with E-state index in [9.17, 15) is 0 Å². The van der Waals surface area contributed by atoms with E-state index in [1.54, 1.807) is 7.11 Å². The summed E-state index contributed by atoms with van der Waals surface area (Å²) in [5.41, 5.74) is 2.87. The van der Waals surface area contributed by atoms with Gasteiger partial charge in [-0.15, -0.1) is 0 Å². The lowest BCUT2D eigenvalue weighted by atomic mass is 10.3. The van der Waals surface area contributed by atoms with Gasteiger partial charge in [-0.2, -0.15) is 5.48 Å². The molecule has 4 heteroatoms. The highest BCUT2D eigenvalue weighted by molar-refractivity contribution is 5.08. The van der Waals surface area contributed by atoms with Crippen molar-refractivity contribution in [3.63, 3.8) is 0 Å². The third-order valence-corrected chi connectivity index (χ3v) is 1.84. The predicted molar refractivity (Wildman–Crippen MR) is 52.8 cm³/mol. The molecular weight excluding hydrogens is 182 g/mol. The Hall–Kier alpha value is -0.840. The number of hydrogen-bond acceptors (Lipinski definition) is 4. The van der Waals surface area contributed by atoms with Gasteiger partial charge in [0.15, 0.2) is 0 Å². The summed E-state index contributed by atoms with van der Waals surface area (Å²) in [7, 11) is 1.64. The van der Waals surface area contributed by atoms with E-state index in [1.807, 2.05) is 26.0 Å². The zero-order valence-electron chi connectivity index (χ0n) is 8.87. The highest BCUT2D eigenvalue weighted by Crippen LogP contribution is 2.14. The van der Waals surface area contributed by atoms with Crippen LogP contribution in [0, 0.1) is 6.92 Å². The summed E-state index contributed by atoms with van der Waals surface area (Å²) >= 11 is 0. The highest BCUT2D eigenvalue weighted by Gasteiger charge is 2.08. The molecule has 1 aromatic heterocycles. The Morgan fingerprint density at radius 1 is 1.43 bits per heavy atom. The number of methoxy groups -OCH3 is 1. The molecule has 0 aromatic carbocycles. The summed E-state index contributed by atoms with van der Waals surface area (Å²) in [6.45, 7) is 5.00. The molecule has 1 aromatic rings. The van der Waals surface area contributed by atoms with Crippen LogP contribution >= 0.6 is 0 Å². The van der Waals surface area contributed by atoms with E-state index in [0.29, 0.717) is 13.2 Å². The fourth-order valence-corrected chi connectivity index (χ4v) is 1.05. The Balaban J connectivity index is 2.25. The zero-order valence-corrected chi connectivity index (χ0v) is 8.87. The van der Waals surface area contributed by atoms with E-state index in [1.165, 1.54) is 0 Å². The fraction of sp³-hybridized carbons (Fsp3) is 0.600. The molecule has 0 fully saturated rings. The number of hydrogen-bond donors (Lipinski definition) is 1. The number of aryl methyl sites for hydroxylation is 1. The van der Waals surface area contributed by atoms with Gasteiger partial charge in [-0.05, 0) is 26.0 Å². The molecule has 0 aliphatic carbocycles. The second-order valence-electron chi connectivity index (χ2n) is 3.13. The van der Waals surface area contributed by atoms with Crippen molar-refractivity contribution in [1.29, 1.82) is 0 Å². The minimum absolute atomic E-state index is 0.0561. The zero-order chi connectivity index (χ0) is 10.4. The maximum atomic E-state index is 5.43. The average molecular weight is 199 g/mol. The van der Waals surface area contributed by atoms with Crippen LogP contribution in [0.2, 0.25) is 0 Å². The molecule has 1 atom stereocenters. The molecule has 1 N–H and O–H groups in total. The second kappa shape index (κ2) is 5.80. The summed E-state index contributed by atoms with van der Waals surface area (Å²) < 4.78 is 10.3. The molecular formula is C10H17NO3. The van der Waals surface area contributed by atoms with Crippen molar-refractivity contribution in [2.75, 3.05) is 20.3 Å². The van der Waals surface area contributed by atoms with Crippen molar-refractivity contribution >= 4 is 0 Å². The van der Waals surface area contributed by atoms with Crippen molar-refractivity contribution in [3.05, 3.63) is 23.7 Å². The van der Waals surface area contributed by atoms with Crippen molar-refractivity contribution in [2.45, 2.75) is 19.9 Å². The van der Waals surface area contributed by atoms with Crippen molar-refractivity contribution in [2.24, 2.45) is 0 Å². The van der Waals surface area contributed by atoms with Crippen LogP contribution < -0.4 is 5.48 Å². The molecule has 0 aliphatic rings. The van der Waals surface area contributed by atoms with Gasteiger partial charge in [0.05, 0.1) is 19.3 Å². The van der Waals surface area contributed by atoms with Gasteiger partial charge in [0.1, 0.15) is 11.5 Å². The molecule has 0 radical (unpaired) electrons. The van der Waals surface area contributed by atoms with Crippen LogP contribution in [-0.4, -0.2) is 20.3 Å². The number of furan rings is 1. The lowest BCUT2D eigenvalue weighted by molar-refractivity contribution is -0.0127. The standard InChI is InChI=1S/C10H17NO3/c1-8-4-5-10(14-8)9(2)11-13-7-6-12-3/h4-5,9,11H,6-7H2,1-3H3. The molecule has 0 spiro atoms. The van der Waals surface area contributed by atoms with Crippen molar-refractivity contribution in [3.8, 4) is 0 Å². The molecule has 0 saturated heterocycles. The molecule has 4 nitrogen and oxygen atoms in total. The Kier molecular flexibility index (Phi) is 4.65. The number of ether oxygens (including phenoxy) is 1. The maximum absolute atomic E-state index is 5.43. The summed E-state index contributed by atoms with van der Waals surface area (Å²) in [6.07, 6.45) is 0. The number of nitrogens with one attached hydrogen (secondary N) is 1. The summed E-state index contributed by atoms with van der Waals surface area (Å²) in [4.78, 5) is 5.16. The molecule has 0 saturated carbocycles. The van der Waals surface area contributed by atoms with Crippen molar-refractivity contribution in [1.82, 2.24) is 5.48 Å². The lowest BCUT2D eigenvalue weighted by Gasteiger charge is -2.10. The minimum Gasteiger partial charge on any atom is -0.465 e. The summed E-state index contributed by atoms with van der Waals surface area (Å²) in [5.74, 6) is 1.78. The first-order valence-corrected chi connectivity index (χ1v) is 4.66. The Labute approximate surface area is 84.1 Å². The first kappa shape index (κ1) is 11.2. The van der Waals surface area contributed by atoms with Gasteiger partial charge >= 0.3 is 0 Å². The topological polar surface area (TPSA) is 43.6 Å². The van der Waals surface area contributed by atoms with Gasteiger partial charge in [0, 0.05) is 7.11 Å². The van der Waals surface area contributed by atoms with Gasteiger partial charge in [-0.3, -0.25) is 4.84 Å². The van der Waals surface area contributed by atoms with Crippen LogP contribution in [-0.2, 0) is 9.57 Å². The number of rotatable bonds is 6. The van der Waals surface area contributed by atoms with Gasteiger partial charge in [0.25, 0.3) is 0 Å². The molecule has 1 unspecified atom stereocenters. The molecule has 14 heavy (non-hydrogen) atoms. The molecule has 0 aliphatic heterocycles. The molecule has 80 valence electrons. The van der Waals surface area contributed by atoms with Crippen molar-refractivity contribution < 1.29 is 14.0 Å². The SMILES string of the molecule is COCCONC(C)c1ccc(C)o1. The Morgan fingerprint density at radius 3 is 2.79 bits per heavy atom. The van der Waals surface area contributed by atoms with E-state index in [-0.39, 0.29) is 6.04 Å². The quantitative estimate of drug-likeness (QED) is 0.560. The van der Waals surface area contributed by atoms with Crippen LogP contribution in [0.1, 0.15) is 24.5 Å². The Morgan fingerprint density at radius 2 is 2.21 bits per heavy atom. The molecule has 1 heterocycles. The minimum atomic E-state index is 0.0561. The first-order valence-electron chi connectivity index (χ1n) is 4.66. The lowest BCUT2D eigenvalue weighted by Crippen LogP contribution is -2.20. The largest absolute Gasteiger partial charge is 0.465 e. The summed E-state index contributed by atoms with van der Waals surface area (Å²) in [5, 5.41) is 0. The monoisotopic (exact) mass is 199 g/mol. The molecule has 1 rings (SSSR count). The maximum Gasteiger partial charge on any atom is 0.123 e. The second-order valence-corrected chi connectivity index (χ2v) is 3.13. The van der Waals surface area contributed by atoms with Crippen LogP contribution in [0.15, 0.2) is 16.5 Å².